The van der Waals surface area contributed by atoms with Crippen LogP contribution in [0.3, 0.4) is 0 Å². The minimum atomic E-state index is -0.151. The average molecular weight is 276 g/mol. The zero-order valence-electron chi connectivity index (χ0n) is 12.8. The molecule has 1 unspecified atom stereocenters. The van der Waals surface area contributed by atoms with Gasteiger partial charge in [-0.25, -0.2) is 0 Å². The van der Waals surface area contributed by atoms with Crippen LogP contribution in [0.2, 0.25) is 0 Å². The number of esters is 1. The lowest BCUT2D eigenvalue weighted by molar-refractivity contribution is -0.933. The molecule has 3 heteroatoms. The lowest BCUT2D eigenvalue weighted by Gasteiger charge is -2.39. The van der Waals surface area contributed by atoms with Crippen LogP contribution in [0.1, 0.15) is 32.8 Å². The molecule has 110 valence electrons. The van der Waals surface area contributed by atoms with Gasteiger partial charge in [-0.3, -0.25) is 4.79 Å². The molecule has 0 aliphatic carbocycles. The summed E-state index contributed by atoms with van der Waals surface area (Å²) in [5.41, 5.74) is 1.40. The molecule has 1 saturated heterocycles. The van der Waals surface area contributed by atoms with Crippen LogP contribution in [0.4, 0.5) is 0 Å². The molecule has 2 rings (SSSR count). The van der Waals surface area contributed by atoms with Gasteiger partial charge in [0.15, 0.2) is 0 Å². The number of likely N-dealkylation sites (tertiary alicyclic amines) is 1. The second kappa shape index (κ2) is 6.89. The Labute approximate surface area is 121 Å². The maximum absolute atomic E-state index is 11.1. The molecule has 20 heavy (non-hydrogen) atoms. The van der Waals surface area contributed by atoms with Crippen molar-refractivity contribution in [1.29, 1.82) is 0 Å². The average Bonchev–Trinajstić information content (AvgIpc) is 2.44. The van der Waals surface area contributed by atoms with Crippen LogP contribution in [0.15, 0.2) is 30.3 Å². The third-order valence-corrected chi connectivity index (χ3v) is 4.66. The highest BCUT2D eigenvalue weighted by Gasteiger charge is 2.37. The Morgan fingerprint density at radius 3 is 2.65 bits per heavy atom. The SMILES string of the molecule is CC(=O)O[C@H]1CC[NH+](CCc2ccccc2)[C@H](C)[C@H]1C. The monoisotopic (exact) mass is 276 g/mol. The van der Waals surface area contributed by atoms with Gasteiger partial charge in [-0.05, 0) is 12.5 Å². The molecular formula is C17H26NO2+. The van der Waals surface area contributed by atoms with Crippen LogP contribution >= 0.6 is 0 Å². The number of hydrogen-bond donors (Lipinski definition) is 1. The van der Waals surface area contributed by atoms with Crippen molar-refractivity contribution >= 4 is 5.97 Å². The lowest BCUT2D eigenvalue weighted by Crippen LogP contribution is -3.17. The molecule has 1 aliphatic heterocycles. The third-order valence-electron chi connectivity index (χ3n) is 4.66. The highest BCUT2D eigenvalue weighted by atomic mass is 16.5. The van der Waals surface area contributed by atoms with E-state index in [1.54, 1.807) is 4.90 Å². The zero-order valence-corrected chi connectivity index (χ0v) is 12.8. The maximum Gasteiger partial charge on any atom is 0.302 e. The summed E-state index contributed by atoms with van der Waals surface area (Å²) < 4.78 is 5.43. The maximum atomic E-state index is 11.1. The predicted octanol–water partition coefficient (Wildman–Crippen LogP) is 1.47. The van der Waals surface area contributed by atoms with Gasteiger partial charge < -0.3 is 9.64 Å². The molecule has 0 bridgehead atoms. The van der Waals surface area contributed by atoms with Gasteiger partial charge in [0.1, 0.15) is 6.10 Å². The molecule has 3 nitrogen and oxygen atoms in total. The molecule has 0 aromatic heterocycles. The van der Waals surface area contributed by atoms with E-state index in [9.17, 15) is 4.79 Å². The predicted molar refractivity (Wildman–Crippen MR) is 79.6 cm³/mol. The van der Waals surface area contributed by atoms with Crippen LogP contribution in [-0.2, 0) is 16.0 Å². The summed E-state index contributed by atoms with van der Waals surface area (Å²) in [6, 6.07) is 11.2. The summed E-state index contributed by atoms with van der Waals surface area (Å²) in [7, 11) is 0. The van der Waals surface area contributed by atoms with Crippen LogP contribution in [0.25, 0.3) is 0 Å². The van der Waals surface area contributed by atoms with Gasteiger partial charge in [-0.1, -0.05) is 37.3 Å². The fraction of sp³-hybridized carbons (Fsp3) is 0.588. The van der Waals surface area contributed by atoms with E-state index in [0.29, 0.717) is 12.0 Å². The summed E-state index contributed by atoms with van der Waals surface area (Å²) in [4.78, 5) is 12.8. The van der Waals surface area contributed by atoms with Crippen molar-refractivity contribution < 1.29 is 14.4 Å². The Hall–Kier alpha value is -1.35. The Morgan fingerprint density at radius 1 is 1.30 bits per heavy atom. The number of benzene rings is 1. The summed E-state index contributed by atoms with van der Waals surface area (Å²) >= 11 is 0. The van der Waals surface area contributed by atoms with Gasteiger partial charge in [0.2, 0.25) is 0 Å². The summed E-state index contributed by atoms with van der Waals surface area (Å²) in [6.45, 7) is 8.24. The fourth-order valence-electron chi connectivity index (χ4n) is 3.19. The lowest BCUT2D eigenvalue weighted by atomic mass is 9.88. The van der Waals surface area contributed by atoms with Crippen molar-refractivity contribution in [2.75, 3.05) is 13.1 Å². The molecule has 1 heterocycles. The van der Waals surface area contributed by atoms with Crippen molar-refractivity contribution in [2.45, 2.75) is 45.8 Å². The van der Waals surface area contributed by atoms with E-state index in [0.717, 1.165) is 25.9 Å². The minimum Gasteiger partial charge on any atom is -0.462 e. The first-order valence-corrected chi connectivity index (χ1v) is 7.63. The number of hydrogen-bond acceptors (Lipinski definition) is 2. The topological polar surface area (TPSA) is 30.7 Å². The Morgan fingerprint density at radius 2 is 2.00 bits per heavy atom. The van der Waals surface area contributed by atoms with Crippen molar-refractivity contribution in [1.82, 2.24) is 0 Å². The molecule has 1 aromatic carbocycles. The summed E-state index contributed by atoms with van der Waals surface area (Å²) in [5, 5.41) is 0. The second-order valence-electron chi connectivity index (χ2n) is 5.98. The van der Waals surface area contributed by atoms with Gasteiger partial charge in [-0.2, -0.15) is 0 Å². The van der Waals surface area contributed by atoms with E-state index in [-0.39, 0.29) is 12.1 Å². The Balaban J connectivity index is 1.87. The van der Waals surface area contributed by atoms with Crippen LogP contribution in [0.5, 0.6) is 0 Å². The van der Waals surface area contributed by atoms with E-state index in [1.165, 1.54) is 12.5 Å². The number of quaternary nitrogens is 1. The Kier molecular flexibility index (Phi) is 5.18. The first-order chi connectivity index (χ1) is 9.58. The van der Waals surface area contributed by atoms with E-state index in [4.69, 9.17) is 4.74 Å². The van der Waals surface area contributed by atoms with Gasteiger partial charge in [0.25, 0.3) is 0 Å². The van der Waals surface area contributed by atoms with Crippen molar-refractivity contribution in [3.8, 4) is 0 Å². The molecule has 0 spiro atoms. The third kappa shape index (κ3) is 3.83. The summed E-state index contributed by atoms with van der Waals surface area (Å²) in [6.07, 6.45) is 2.20. The molecule has 4 atom stereocenters. The molecule has 1 aromatic rings. The largest absolute Gasteiger partial charge is 0.462 e. The number of carbonyl (C=O) groups is 1. The first-order valence-electron chi connectivity index (χ1n) is 7.63. The molecule has 0 amide bonds. The summed E-state index contributed by atoms with van der Waals surface area (Å²) in [5.74, 6) is 0.278. The van der Waals surface area contributed by atoms with E-state index in [2.05, 4.69) is 44.2 Å². The standard InChI is InChI=1S/C17H25NO2/c1-13-14(2)18(12-10-17(13)20-15(3)19)11-9-16-7-5-4-6-8-16/h4-8,13-14,17H,9-12H2,1-3H3/p+1/t13-,14-,17+/m1/s1. The van der Waals surface area contributed by atoms with Gasteiger partial charge >= 0.3 is 5.97 Å². The molecular weight excluding hydrogens is 250 g/mol. The van der Waals surface area contributed by atoms with Crippen molar-refractivity contribution in [2.24, 2.45) is 5.92 Å². The van der Waals surface area contributed by atoms with Gasteiger partial charge in [0, 0.05) is 25.7 Å². The zero-order chi connectivity index (χ0) is 14.5. The molecule has 1 aliphatic rings. The van der Waals surface area contributed by atoms with Crippen LogP contribution in [0, 0.1) is 5.92 Å². The van der Waals surface area contributed by atoms with E-state index < -0.39 is 0 Å². The smallest absolute Gasteiger partial charge is 0.302 e. The Bertz CT molecular complexity index is 432. The van der Waals surface area contributed by atoms with Crippen LogP contribution < -0.4 is 4.90 Å². The quantitative estimate of drug-likeness (QED) is 0.844. The first kappa shape index (κ1) is 15.0. The molecule has 1 fully saturated rings. The number of nitrogens with one attached hydrogen (secondary N) is 1. The molecule has 0 saturated carbocycles. The number of rotatable bonds is 4. The van der Waals surface area contributed by atoms with Crippen molar-refractivity contribution in [3.05, 3.63) is 35.9 Å². The van der Waals surface area contributed by atoms with E-state index in [1.807, 2.05) is 0 Å². The highest BCUT2D eigenvalue weighted by Crippen LogP contribution is 2.17. The highest BCUT2D eigenvalue weighted by molar-refractivity contribution is 5.66. The number of piperidine rings is 1. The van der Waals surface area contributed by atoms with Crippen LogP contribution in [-0.4, -0.2) is 31.2 Å². The van der Waals surface area contributed by atoms with Gasteiger partial charge in [-0.15, -0.1) is 0 Å². The number of carbonyl (C=O) groups excluding carboxylic acids is 1. The van der Waals surface area contributed by atoms with E-state index >= 15 is 0 Å². The second-order valence-corrected chi connectivity index (χ2v) is 5.98. The molecule has 1 N–H and O–H groups in total. The minimum absolute atomic E-state index is 0.1000. The van der Waals surface area contributed by atoms with Gasteiger partial charge in [0.05, 0.1) is 19.1 Å². The van der Waals surface area contributed by atoms with Crippen molar-refractivity contribution in [3.63, 3.8) is 0 Å². The fourth-order valence-corrected chi connectivity index (χ4v) is 3.19. The number of ether oxygens (including phenoxy) is 1. The normalized spacial score (nSPS) is 29.9. The molecule has 0 radical (unpaired) electrons.